The smallest absolute Gasteiger partial charge is 0.188 e. The summed E-state index contributed by atoms with van der Waals surface area (Å²) in [6, 6.07) is 0. The van der Waals surface area contributed by atoms with Crippen molar-refractivity contribution in [3.05, 3.63) is 0 Å². The van der Waals surface area contributed by atoms with Gasteiger partial charge in [0.1, 0.15) is 0 Å². The van der Waals surface area contributed by atoms with E-state index in [1.165, 1.54) is 12.8 Å². The van der Waals surface area contributed by atoms with Crippen LogP contribution in [-0.4, -0.2) is 45.5 Å². The summed E-state index contributed by atoms with van der Waals surface area (Å²) in [6.07, 6.45) is 4.58. The van der Waals surface area contributed by atoms with Crippen molar-refractivity contribution in [3.8, 4) is 0 Å². The molecule has 5 nitrogen and oxygen atoms in total. The van der Waals surface area contributed by atoms with Gasteiger partial charge in [-0.3, -0.25) is 4.99 Å². The van der Waals surface area contributed by atoms with E-state index in [1.54, 1.807) is 0 Å². The van der Waals surface area contributed by atoms with Crippen LogP contribution in [0.25, 0.3) is 0 Å². The maximum atomic E-state index is 5.72. The van der Waals surface area contributed by atoms with Gasteiger partial charge in [-0.05, 0) is 38.5 Å². The fourth-order valence-electron chi connectivity index (χ4n) is 1.49. The van der Waals surface area contributed by atoms with Gasteiger partial charge in [-0.15, -0.1) is 24.0 Å². The molecule has 0 heterocycles. The van der Waals surface area contributed by atoms with E-state index in [9.17, 15) is 0 Å². The van der Waals surface area contributed by atoms with Crippen molar-refractivity contribution in [2.24, 2.45) is 16.6 Å². The molecule has 0 unspecified atom stereocenters. The molecule has 114 valence electrons. The number of hydrogen-bond acceptors (Lipinski definition) is 3. The number of rotatable bonds is 11. The average molecular weight is 385 g/mol. The lowest BCUT2D eigenvalue weighted by atomic mass is 10.4. The largest absolute Gasteiger partial charge is 0.382 e. The van der Waals surface area contributed by atoms with Crippen LogP contribution in [0.15, 0.2) is 4.99 Å². The van der Waals surface area contributed by atoms with Crippen molar-refractivity contribution in [1.29, 1.82) is 0 Å². The lowest BCUT2D eigenvalue weighted by Gasteiger charge is -2.06. The van der Waals surface area contributed by atoms with Gasteiger partial charge >= 0.3 is 0 Å². The summed E-state index contributed by atoms with van der Waals surface area (Å²) in [5.41, 5.74) is 5.72. The highest BCUT2D eigenvalue weighted by atomic mass is 127. The fourth-order valence-corrected chi connectivity index (χ4v) is 1.49. The Morgan fingerprint density at radius 3 is 2.68 bits per heavy atom. The molecule has 0 bridgehead atoms. The summed E-state index contributed by atoms with van der Waals surface area (Å²) in [5, 5.41) is 3.07. The Kier molecular flexibility index (Phi) is 12.9. The van der Waals surface area contributed by atoms with Crippen molar-refractivity contribution >= 4 is 29.9 Å². The topological polar surface area (TPSA) is 68.9 Å². The molecule has 3 N–H and O–H groups in total. The van der Waals surface area contributed by atoms with E-state index in [1.807, 2.05) is 6.92 Å². The molecule has 0 aromatic carbocycles. The molecule has 0 saturated heterocycles. The SMILES string of the molecule is CCOCCCNC(N)=NCCCOCC1CC1.I. The van der Waals surface area contributed by atoms with Crippen molar-refractivity contribution < 1.29 is 9.47 Å². The van der Waals surface area contributed by atoms with Gasteiger partial charge in [0.25, 0.3) is 0 Å². The number of hydrogen-bond donors (Lipinski definition) is 2. The van der Waals surface area contributed by atoms with Crippen LogP contribution in [0.5, 0.6) is 0 Å². The first-order valence-electron chi connectivity index (χ1n) is 7.02. The standard InChI is InChI=1S/C13H27N3O2.HI/c1-2-17-9-3-7-15-13(14)16-8-4-10-18-11-12-5-6-12;/h12H,2-11H2,1H3,(H3,14,15,16);1H. The summed E-state index contributed by atoms with van der Waals surface area (Å²) < 4.78 is 10.7. The van der Waals surface area contributed by atoms with E-state index in [0.29, 0.717) is 5.96 Å². The maximum Gasteiger partial charge on any atom is 0.188 e. The summed E-state index contributed by atoms with van der Waals surface area (Å²) in [6.45, 7) is 6.79. The zero-order valence-corrected chi connectivity index (χ0v) is 14.2. The van der Waals surface area contributed by atoms with Gasteiger partial charge in [0.15, 0.2) is 5.96 Å². The number of aliphatic imine (C=N–C) groups is 1. The third kappa shape index (κ3) is 12.7. The lowest BCUT2D eigenvalue weighted by Crippen LogP contribution is -2.33. The van der Waals surface area contributed by atoms with Gasteiger partial charge in [0.2, 0.25) is 0 Å². The monoisotopic (exact) mass is 385 g/mol. The number of nitrogens with zero attached hydrogens (tertiary/aromatic N) is 1. The number of guanidine groups is 1. The molecule has 0 spiro atoms. The van der Waals surface area contributed by atoms with Crippen LogP contribution in [0.1, 0.15) is 32.6 Å². The molecule has 0 aliphatic heterocycles. The van der Waals surface area contributed by atoms with E-state index in [0.717, 1.165) is 58.3 Å². The quantitative estimate of drug-likeness (QED) is 0.246. The number of nitrogens with two attached hydrogens (primary N) is 1. The third-order valence-electron chi connectivity index (χ3n) is 2.76. The van der Waals surface area contributed by atoms with E-state index in [-0.39, 0.29) is 24.0 Å². The van der Waals surface area contributed by atoms with Crippen LogP contribution < -0.4 is 11.1 Å². The summed E-state index contributed by atoms with van der Waals surface area (Å²) >= 11 is 0. The first-order valence-corrected chi connectivity index (χ1v) is 7.02. The van der Waals surface area contributed by atoms with Crippen molar-refractivity contribution in [3.63, 3.8) is 0 Å². The van der Waals surface area contributed by atoms with Crippen LogP contribution in [0.3, 0.4) is 0 Å². The second kappa shape index (κ2) is 12.9. The summed E-state index contributed by atoms with van der Waals surface area (Å²) in [7, 11) is 0. The second-order valence-corrected chi connectivity index (χ2v) is 4.62. The number of halogens is 1. The molecule has 19 heavy (non-hydrogen) atoms. The molecule has 6 heteroatoms. The first kappa shape index (κ1) is 18.9. The Labute approximate surface area is 133 Å². The van der Waals surface area contributed by atoms with Crippen molar-refractivity contribution in [1.82, 2.24) is 5.32 Å². The van der Waals surface area contributed by atoms with Crippen molar-refractivity contribution in [2.75, 3.05) is 39.5 Å². The Hall–Kier alpha value is -0.0800. The highest BCUT2D eigenvalue weighted by Gasteiger charge is 2.20. The second-order valence-electron chi connectivity index (χ2n) is 4.62. The number of nitrogens with one attached hydrogen (secondary N) is 1. The minimum Gasteiger partial charge on any atom is -0.382 e. The van der Waals surface area contributed by atoms with Crippen LogP contribution in [0.4, 0.5) is 0 Å². The molecule has 0 aromatic rings. The highest BCUT2D eigenvalue weighted by molar-refractivity contribution is 14.0. The van der Waals surface area contributed by atoms with Crippen LogP contribution >= 0.6 is 24.0 Å². The van der Waals surface area contributed by atoms with Crippen LogP contribution in [0, 0.1) is 5.92 Å². The van der Waals surface area contributed by atoms with Crippen LogP contribution in [-0.2, 0) is 9.47 Å². The highest BCUT2D eigenvalue weighted by Crippen LogP contribution is 2.28. The molecule has 1 aliphatic rings. The Morgan fingerprint density at radius 1 is 1.26 bits per heavy atom. The first-order chi connectivity index (χ1) is 8.83. The Bertz CT molecular complexity index is 236. The molecule has 1 aliphatic carbocycles. The van der Waals surface area contributed by atoms with Gasteiger partial charge in [-0.1, -0.05) is 0 Å². The third-order valence-corrected chi connectivity index (χ3v) is 2.76. The molecule has 1 saturated carbocycles. The predicted molar refractivity (Wildman–Crippen MR) is 89.2 cm³/mol. The predicted octanol–water partition coefficient (Wildman–Crippen LogP) is 1.75. The van der Waals surface area contributed by atoms with Crippen LogP contribution in [0.2, 0.25) is 0 Å². The summed E-state index contributed by atoms with van der Waals surface area (Å²) in [5.74, 6) is 1.36. The zero-order chi connectivity index (χ0) is 13.1. The molecular weight excluding hydrogens is 357 g/mol. The number of ether oxygens (including phenoxy) is 2. The van der Waals surface area contributed by atoms with Gasteiger partial charge in [0.05, 0.1) is 0 Å². The van der Waals surface area contributed by atoms with E-state index < -0.39 is 0 Å². The Morgan fingerprint density at radius 2 is 2.00 bits per heavy atom. The molecule has 0 amide bonds. The minimum absolute atomic E-state index is 0. The van der Waals surface area contributed by atoms with Gasteiger partial charge in [-0.25, -0.2) is 0 Å². The van der Waals surface area contributed by atoms with Gasteiger partial charge in [-0.2, -0.15) is 0 Å². The van der Waals surface area contributed by atoms with E-state index in [2.05, 4.69) is 10.3 Å². The zero-order valence-electron chi connectivity index (χ0n) is 11.9. The normalized spacial score (nSPS) is 15.1. The molecule has 0 atom stereocenters. The maximum absolute atomic E-state index is 5.72. The molecule has 1 fully saturated rings. The van der Waals surface area contributed by atoms with E-state index in [4.69, 9.17) is 15.2 Å². The van der Waals surface area contributed by atoms with E-state index >= 15 is 0 Å². The van der Waals surface area contributed by atoms with Gasteiger partial charge in [0, 0.05) is 39.5 Å². The minimum atomic E-state index is 0. The molecule has 1 rings (SSSR count). The average Bonchev–Trinajstić information content (AvgIpc) is 3.17. The van der Waals surface area contributed by atoms with Gasteiger partial charge < -0.3 is 20.5 Å². The molecule has 0 radical (unpaired) electrons. The van der Waals surface area contributed by atoms with Crippen molar-refractivity contribution in [2.45, 2.75) is 32.6 Å². The Balaban J connectivity index is 0.00000324. The lowest BCUT2D eigenvalue weighted by molar-refractivity contribution is 0.123. The molecule has 0 aromatic heterocycles. The summed E-state index contributed by atoms with van der Waals surface area (Å²) in [4.78, 5) is 4.24. The fraction of sp³-hybridized carbons (Fsp3) is 0.923. The molecular formula is C13H28IN3O2.